The minimum absolute atomic E-state index is 0.0735. The van der Waals surface area contributed by atoms with Crippen LogP contribution in [0.25, 0.3) is 10.8 Å². The molecule has 1 fully saturated rings. The number of halogens is 1. The van der Waals surface area contributed by atoms with Gasteiger partial charge in [-0.3, -0.25) is 9.78 Å². The summed E-state index contributed by atoms with van der Waals surface area (Å²) in [5.74, 6) is 0.0957. The number of amides is 1. The average molecular weight is 247 g/mol. The Morgan fingerprint density at radius 2 is 2.18 bits per heavy atom. The maximum absolute atomic E-state index is 11.8. The molecule has 86 valence electrons. The Morgan fingerprint density at radius 3 is 2.94 bits per heavy atom. The second kappa shape index (κ2) is 4.00. The fourth-order valence-electron chi connectivity index (χ4n) is 2.15. The number of rotatable bonds is 1. The van der Waals surface area contributed by atoms with Crippen LogP contribution in [0.3, 0.4) is 0 Å². The number of anilines is 1. The van der Waals surface area contributed by atoms with Gasteiger partial charge in [0.2, 0.25) is 5.91 Å². The number of nitrogens with zero attached hydrogens (tertiary/aromatic N) is 2. The zero-order valence-corrected chi connectivity index (χ0v) is 9.89. The number of hydrogen-bond donors (Lipinski definition) is 0. The summed E-state index contributed by atoms with van der Waals surface area (Å²) in [7, 11) is 0. The summed E-state index contributed by atoms with van der Waals surface area (Å²) in [5, 5.41) is 2.09. The molecule has 1 unspecified atom stereocenters. The highest BCUT2D eigenvalue weighted by atomic mass is 35.5. The minimum atomic E-state index is -0.0735. The summed E-state index contributed by atoms with van der Waals surface area (Å²) in [5.41, 5.74) is 0.914. The highest BCUT2D eigenvalue weighted by Gasteiger charge is 2.28. The van der Waals surface area contributed by atoms with E-state index in [1.807, 2.05) is 30.5 Å². The molecule has 2 heterocycles. The number of alkyl halides is 1. The van der Waals surface area contributed by atoms with Gasteiger partial charge in [-0.15, -0.1) is 11.6 Å². The van der Waals surface area contributed by atoms with E-state index < -0.39 is 0 Å². The molecule has 1 aromatic heterocycles. The third-order valence-electron chi connectivity index (χ3n) is 3.01. The lowest BCUT2D eigenvalue weighted by Gasteiger charge is -2.16. The van der Waals surface area contributed by atoms with Crippen LogP contribution in [-0.2, 0) is 4.79 Å². The molecule has 3 nitrogen and oxygen atoms in total. The molecule has 1 atom stereocenters. The monoisotopic (exact) mass is 246 g/mol. The van der Waals surface area contributed by atoms with Crippen molar-refractivity contribution in [3.05, 3.63) is 36.7 Å². The molecule has 1 aromatic carbocycles. The lowest BCUT2D eigenvalue weighted by molar-refractivity contribution is -0.117. The van der Waals surface area contributed by atoms with Crippen molar-refractivity contribution < 1.29 is 4.79 Å². The van der Waals surface area contributed by atoms with Crippen molar-refractivity contribution >= 4 is 34.0 Å². The first-order chi connectivity index (χ1) is 8.24. The average Bonchev–Trinajstić information content (AvgIpc) is 2.68. The van der Waals surface area contributed by atoms with Crippen LogP contribution in [0, 0.1) is 0 Å². The van der Waals surface area contributed by atoms with E-state index in [4.69, 9.17) is 11.6 Å². The second-order valence-corrected chi connectivity index (χ2v) is 4.83. The Bertz CT molecular complexity index is 584. The molecule has 0 aliphatic carbocycles. The number of benzene rings is 1. The van der Waals surface area contributed by atoms with Gasteiger partial charge in [0.1, 0.15) is 0 Å². The number of carbonyl (C=O) groups excluding carboxylic acids is 1. The first-order valence-corrected chi connectivity index (χ1v) is 5.96. The molecule has 1 aliphatic heterocycles. The third-order valence-corrected chi connectivity index (χ3v) is 3.31. The van der Waals surface area contributed by atoms with Crippen molar-refractivity contribution in [3.8, 4) is 0 Å². The standard InChI is InChI=1S/C13H11ClN2O/c14-11-6-13(17)16(8-11)12-2-1-10-7-15-4-3-9(10)5-12/h1-5,7,11H,6,8H2. The first kappa shape index (κ1) is 10.5. The number of hydrogen-bond acceptors (Lipinski definition) is 2. The normalized spacial score (nSPS) is 20.2. The molecule has 4 heteroatoms. The lowest BCUT2D eigenvalue weighted by Crippen LogP contribution is -2.24. The molecule has 0 bridgehead atoms. The quantitative estimate of drug-likeness (QED) is 0.725. The van der Waals surface area contributed by atoms with Gasteiger partial charge in [0.25, 0.3) is 0 Å². The number of carbonyl (C=O) groups is 1. The van der Waals surface area contributed by atoms with Crippen LogP contribution in [0.4, 0.5) is 5.69 Å². The van der Waals surface area contributed by atoms with E-state index in [9.17, 15) is 4.79 Å². The smallest absolute Gasteiger partial charge is 0.228 e. The summed E-state index contributed by atoms with van der Waals surface area (Å²) < 4.78 is 0. The molecule has 3 rings (SSSR count). The van der Waals surface area contributed by atoms with E-state index in [1.54, 1.807) is 11.1 Å². The number of fused-ring (bicyclic) bond motifs is 1. The van der Waals surface area contributed by atoms with Crippen LogP contribution < -0.4 is 4.90 Å². The van der Waals surface area contributed by atoms with Crippen molar-refractivity contribution in [3.63, 3.8) is 0 Å². The van der Waals surface area contributed by atoms with Crippen LogP contribution in [0.5, 0.6) is 0 Å². The van der Waals surface area contributed by atoms with E-state index in [0.717, 1.165) is 16.5 Å². The van der Waals surface area contributed by atoms with E-state index in [2.05, 4.69) is 4.98 Å². The molecule has 17 heavy (non-hydrogen) atoms. The van der Waals surface area contributed by atoms with Crippen molar-refractivity contribution in [2.24, 2.45) is 0 Å². The van der Waals surface area contributed by atoms with Gasteiger partial charge in [0.15, 0.2) is 0 Å². The van der Waals surface area contributed by atoms with Gasteiger partial charge in [-0.25, -0.2) is 0 Å². The molecule has 0 radical (unpaired) electrons. The first-order valence-electron chi connectivity index (χ1n) is 5.52. The van der Waals surface area contributed by atoms with Gasteiger partial charge in [0, 0.05) is 36.4 Å². The van der Waals surface area contributed by atoms with E-state index in [0.29, 0.717) is 13.0 Å². The molecule has 2 aromatic rings. The van der Waals surface area contributed by atoms with Crippen LogP contribution >= 0.6 is 11.6 Å². The fraction of sp³-hybridized carbons (Fsp3) is 0.231. The van der Waals surface area contributed by atoms with Gasteiger partial charge < -0.3 is 4.90 Å². The number of pyridine rings is 1. The summed E-state index contributed by atoms with van der Waals surface area (Å²) >= 11 is 6.00. The summed E-state index contributed by atoms with van der Waals surface area (Å²) in [6.07, 6.45) is 3.99. The van der Waals surface area contributed by atoms with Gasteiger partial charge in [0.05, 0.1) is 5.38 Å². The van der Waals surface area contributed by atoms with E-state index >= 15 is 0 Å². The predicted octanol–water partition coefficient (Wildman–Crippen LogP) is 2.58. The van der Waals surface area contributed by atoms with E-state index in [-0.39, 0.29) is 11.3 Å². The van der Waals surface area contributed by atoms with Gasteiger partial charge in [-0.05, 0) is 23.6 Å². The van der Waals surface area contributed by atoms with Gasteiger partial charge in [-0.1, -0.05) is 6.07 Å². The molecule has 0 saturated carbocycles. The summed E-state index contributed by atoms with van der Waals surface area (Å²) in [6.45, 7) is 0.594. The zero-order chi connectivity index (χ0) is 11.8. The molecule has 0 N–H and O–H groups in total. The van der Waals surface area contributed by atoms with Crippen molar-refractivity contribution in [2.75, 3.05) is 11.4 Å². The summed E-state index contributed by atoms with van der Waals surface area (Å²) in [6, 6.07) is 7.87. The molecule has 0 spiro atoms. The summed E-state index contributed by atoms with van der Waals surface area (Å²) in [4.78, 5) is 17.6. The third kappa shape index (κ3) is 1.87. The SMILES string of the molecule is O=C1CC(Cl)CN1c1ccc2cnccc2c1. The lowest BCUT2D eigenvalue weighted by atomic mass is 10.1. The highest BCUT2D eigenvalue weighted by molar-refractivity contribution is 6.24. The maximum Gasteiger partial charge on any atom is 0.228 e. The van der Waals surface area contributed by atoms with Crippen molar-refractivity contribution in [1.82, 2.24) is 4.98 Å². The van der Waals surface area contributed by atoms with Gasteiger partial charge in [-0.2, -0.15) is 0 Å². The number of aromatic nitrogens is 1. The second-order valence-electron chi connectivity index (χ2n) is 4.21. The van der Waals surface area contributed by atoms with E-state index in [1.165, 1.54) is 0 Å². The van der Waals surface area contributed by atoms with Crippen LogP contribution in [-0.4, -0.2) is 22.8 Å². The molecule has 1 amide bonds. The van der Waals surface area contributed by atoms with Crippen molar-refractivity contribution in [2.45, 2.75) is 11.8 Å². The minimum Gasteiger partial charge on any atom is -0.311 e. The Hall–Kier alpha value is -1.61. The topological polar surface area (TPSA) is 33.2 Å². The fourth-order valence-corrected chi connectivity index (χ4v) is 2.42. The predicted molar refractivity (Wildman–Crippen MR) is 68.4 cm³/mol. The maximum atomic E-state index is 11.8. The van der Waals surface area contributed by atoms with Gasteiger partial charge >= 0.3 is 0 Å². The molecule has 1 aliphatic rings. The highest BCUT2D eigenvalue weighted by Crippen LogP contribution is 2.27. The Kier molecular flexibility index (Phi) is 2.48. The van der Waals surface area contributed by atoms with Crippen LogP contribution in [0.2, 0.25) is 0 Å². The van der Waals surface area contributed by atoms with Crippen LogP contribution in [0.15, 0.2) is 36.7 Å². The Balaban J connectivity index is 2.03. The Labute approximate surface area is 104 Å². The largest absolute Gasteiger partial charge is 0.311 e. The molecule has 1 saturated heterocycles. The molecular weight excluding hydrogens is 236 g/mol. The Morgan fingerprint density at radius 1 is 1.29 bits per heavy atom. The zero-order valence-electron chi connectivity index (χ0n) is 9.14. The molecular formula is C13H11ClN2O. The van der Waals surface area contributed by atoms with Crippen molar-refractivity contribution in [1.29, 1.82) is 0 Å². The van der Waals surface area contributed by atoms with Crippen LogP contribution in [0.1, 0.15) is 6.42 Å².